The summed E-state index contributed by atoms with van der Waals surface area (Å²) in [5, 5.41) is 5.63. The third-order valence-electron chi connectivity index (χ3n) is 5.79. The van der Waals surface area contributed by atoms with Crippen LogP contribution in [0.3, 0.4) is 0 Å². The Morgan fingerprint density at radius 2 is 1.78 bits per heavy atom. The van der Waals surface area contributed by atoms with E-state index in [0.717, 1.165) is 53.3 Å². The number of unbranched alkanes of at least 4 members (excludes halogenated alkanes) is 1. The zero-order valence-electron chi connectivity index (χ0n) is 19.2. The van der Waals surface area contributed by atoms with Gasteiger partial charge in [-0.2, -0.15) is 5.10 Å². The molecule has 1 fully saturated rings. The molecule has 32 heavy (non-hydrogen) atoms. The van der Waals surface area contributed by atoms with E-state index in [-0.39, 0.29) is 11.8 Å². The molecule has 1 aliphatic heterocycles. The van der Waals surface area contributed by atoms with E-state index < -0.39 is 0 Å². The largest absolute Gasteiger partial charge is 0.352 e. The van der Waals surface area contributed by atoms with Gasteiger partial charge in [-0.25, -0.2) is 23.8 Å². The predicted octanol–water partition coefficient (Wildman–Crippen LogP) is 3.41. The van der Waals surface area contributed by atoms with Crippen molar-refractivity contribution in [2.45, 2.75) is 33.1 Å². The van der Waals surface area contributed by atoms with Crippen molar-refractivity contribution in [3.05, 3.63) is 41.6 Å². The van der Waals surface area contributed by atoms with Gasteiger partial charge in [0.15, 0.2) is 5.65 Å². The van der Waals surface area contributed by atoms with Crippen LogP contribution < -0.4 is 4.90 Å². The average Bonchev–Trinajstić information content (AvgIpc) is 3.13. The number of aryl methyl sites for hydroxylation is 2. The second kappa shape index (κ2) is 9.10. The van der Waals surface area contributed by atoms with Gasteiger partial charge >= 0.3 is 6.03 Å². The lowest BCUT2D eigenvalue weighted by Gasteiger charge is -2.36. The second-order valence-electron chi connectivity index (χ2n) is 8.39. The maximum Gasteiger partial charge on any atom is 0.319 e. The minimum atomic E-state index is -0.286. The molecule has 0 saturated carbocycles. The van der Waals surface area contributed by atoms with E-state index in [9.17, 15) is 9.18 Å². The molecule has 170 valence electrons. The van der Waals surface area contributed by atoms with E-state index in [1.165, 1.54) is 12.1 Å². The smallest absolute Gasteiger partial charge is 0.319 e. The first-order chi connectivity index (χ1) is 15.4. The number of rotatable bonds is 5. The number of piperazine rings is 1. The first-order valence-electron chi connectivity index (χ1n) is 11.1. The Morgan fingerprint density at radius 1 is 1.09 bits per heavy atom. The van der Waals surface area contributed by atoms with Gasteiger partial charge in [0, 0.05) is 46.7 Å². The normalized spacial score (nSPS) is 14.3. The minimum Gasteiger partial charge on any atom is -0.352 e. The van der Waals surface area contributed by atoms with Crippen molar-refractivity contribution in [1.29, 1.82) is 0 Å². The molecule has 2 amide bonds. The molecule has 8 nitrogen and oxygen atoms in total. The highest BCUT2D eigenvalue weighted by Crippen LogP contribution is 2.30. The van der Waals surface area contributed by atoms with Gasteiger partial charge in [-0.15, -0.1) is 0 Å². The van der Waals surface area contributed by atoms with Crippen LogP contribution in [-0.2, 0) is 6.42 Å². The molecule has 3 heterocycles. The number of aromatic nitrogens is 4. The number of urea groups is 1. The molecule has 2 aromatic heterocycles. The number of carbonyl (C=O) groups is 1. The molecule has 0 radical (unpaired) electrons. The summed E-state index contributed by atoms with van der Waals surface area (Å²) < 4.78 is 15.3. The van der Waals surface area contributed by atoms with Crippen molar-refractivity contribution in [2.75, 3.05) is 45.2 Å². The second-order valence-corrected chi connectivity index (χ2v) is 8.39. The van der Waals surface area contributed by atoms with Crippen molar-refractivity contribution in [3.63, 3.8) is 0 Å². The summed E-state index contributed by atoms with van der Waals surface area (Å²) in [6.45, 7) is 6.76. The molecule has 0 spiro atoms. The van der Waals surface area contributed by atoms with Crippen molar-refractivity contribution in [2.24, 2.45) is 0 Å². The van der Waals surface area contributed by atoms with Gasteiger partial charge < -0.3 is 14.7 Å². The molecule has 1 saturated heterocycles. The monoisotopic (exact) mass is 439 g/mol. The maximum atomic E-state index is 13.5. The lowest BCUT2D eigenvalue weighted by atomic mass is 10.2. The number of amides is 2. The maximum absolute atomic E-state index is 13.5. The molecule has 3 aromatic rings. The molecular formula is C23H30FN7O. The molecule has 1 aromatic carbocycles. The summed E-state index contributed by atoms with van der Waals surface area (Å²) >= 11 is 0. The van der Waals surface area contributed by atoms with E-state index in [1.54, 1.807) is 35.8 Å². The predicted molar refractivity (Wildman–Crippen MR) is 123 cm³/mol. The first-order valence-corrected chi connectivity index (χ1v) is 11.1. The highest BCUT2D eigenvalue weighted by atomic mass is 19.1. The minimum absolute atomic E-state index is 0.0291. The number of hydrogen-bond acceptors (Lipinski definition) is 5. The van der Waals surface area contributed by atoms with Gasteiger partial charge in [0.2, 0.25) is 0 Å². The third kappa shape index (κ3) is 4.24. The van der Waals surface area contributed by atoms with Crippen molar-refractivity contribution >= 4 is 22.9 Å². The van der Waals surface area contributed by atoms with Crippen LogP contribution in [0.2, 0.25) is 0 Å². The molecule has 0 unspecified atom stereocenters. The Hall–Kier alpha value is -3.23. The first kappa shape index (κ1) is 22.0. The van der Waals surface area contributed by atoms with E-state index >= 15 is 0 Å². The Bertz CT molecular complexity index is 1100. The molecule has 0 N–H and O–H groups in total. The zero-order valence-corrected chi connectivity index (χ0v) is 19.2. The Balaban J connectivity index is 1.75. The van der Waals surface area contributed by atoms with Crippen molar-refractivity contribution in [1.82, 2.24) is 29.5 Å². The summed E-state index contributed by atoms with van der Waals surface area (Å²) in [7, 11) is 3.55. The van der Waals surface area contributed by atoms with E-state index in [0.29, 0.717) is 26.2 Å². The number of fused-ring (bicyclic) bond motifs is 1. The summed E-state index contributed by atoms with van der Waals surface area (Å²) in [6.07, 6.45) is 2.84. The van der Waals surface area contributed by atoms with E-state index in [1.807, 2.05) is 11.8 Å². The third-order valence-corrected chi connectivity index (χ3v) is 5.79. The van der Waals surface area contributed by atoms with Gasteiger partial charge in [0.05, 0.1) is 16.8 Å². The topological polar surface area (TPSA) is 70.4 Å². The molecular weight excluding hydrogens is 409 g/mol. The average molecular weight is 440 g/mol. The van der Waals surface area contributed by atoms with Crippen molar-refractivity contribution < 1.29 is 9.18 Å². The van der Waals surface area contributed by atoms with Crippen LogP contribution in [-0.4, -0.2) is 75.9 Å². The zero-order chi connectivity index (χ0) is 22.8. The SMILES string of the molecule is CCCCc1nc(N2CCN(C(=O)N(C)C)CC2)c2c(C)nn(-c3ccc(F)cc3)c2n1. The van der Waals surface area contributed by atoms with Crippen LogP contribution in [0.25, 0.3) is 16.7 Å². The summed E-state index contributed by atoms with van der Waals surface area (Å²) in [5.41, 5.74) is 2.32. The molecule has 0 aliphatic carbocycles. The van der Waals surface area contributed by atoms with Crippen LogP contribution in [0, 0.1) is 12.7 Å². The molecule has 0 atom stereocenters. The van der Waals surface area contributed by atoms with Crippen LogP contribution in [0.1, 0.15) is 31.3 Å². The van der Waals surface area contributed by atoms with E-state index in [4.69, 9.17) is 15.1 Å². The lowest BCUT2D eigenvalue weighted by molar-refractivity contribution is 0.168. The number of benzene rings is 1. The number of anilines is 1. The lowest BCUT2D eigenvalue weighted by Crippen LogP contribution is -2.51. The molecule has 4 rings (SSSR count). The van der Waals surface area contributed by atoms with Gasteiger partial charge in [-0.3, -0.25) is 0 Å². The van der Waals surface area contributed by atoms with Crippen LogP contribution in [0.5, 0.6) is 0 Å². The Morgan fingerprint density at radius 3 is 2.41 bits per heavy atom. The van der Waals surface area contributed by atoms with Gasteiger partial charge in [0.1, 0.15) is 17.5 Å². The highest BCUT2D eigenvalue weighted by Gasteiger charge is 2.26. The number of halogens is 1. The number of carbonyl (C=O) groups excluding carboxylic acids is 1. The van der Waals surface area contributed by atoms with Gasteiger partial charge in [-0.05, 0) is 37.6 Å². The van der Waals surface area contributed by atoms with Crippen molar-refractivity contribution in [3.8, 4) is 5.69 Å². The van der Waals surface area contributed by atoms with Crippen LogP contribution in [0.15, 0.2) is 24.3 Å². The Labute approximate surface area is 187 Å². The number of hydrogen-bond donors (Lipinski definition) is 0. The fourth-order valence-corrected chi connectivity index (χ4v) is 4.04. The molecule has 9 heteroatoms. The standard InChI is InChI=1S/C23H30FN7O/c1-5-6-7-19-25-21(29-12-14-30(15-13-29)23(32)28(3)4)20-16(2)27-31(22(20)26-19)18-10-8-17(24)9-11-18/h8-11H,5-7,12-15H2,1-4H3. The fraction of sp³-hybridized carbons (Fsp3) is 0.478. The van der Waals surface area contributed by atoms with Crippen LogP contribution in [0.4, 0.5) is 15.0 Å². The van der Waals surface area contributed by atoms with Gasteiger partial charge in [-0.1, -0.05) is 13.3 Å². The summed E-state index contributed by atoms with van der Waals surface area (Å²) in [5.74, 6) is 1.36. The fourth-order valence-electron chi connectivity index (χ4n) is 4.04. The van der Waals surface area contributed by atoms with Crippen LogP contribution >= 0.6 is 0 Å². The van der Waals surface area contributed by atoms with Gasteiger partial charge in [0.25, 0.3) is 0 Å². The molecule has 1 aliphatic rings. The Kier molecular flexibility index (Phi) is 6.25. The highest BCUT2D eigenvalue weighted by molar-refractivity contribution is 5.91. The summed E-state index contributed by atoms with van der Waals surface area (Å²) in [6, 6.07) is 6.31. The quantitative estimate of drug-likeness (QED) is 0.609. The number of nitrogens with zero attached hydrogens (tertiary/aromatic N) is 7. The van der Waals surface area contributed by atoms with E-state index in [2.05, 4.69) is 11.8 Å². The molecule has 0 bridgehead atoms. The summed E-state index contributed by atoms with van der Waals surface area (Å²) in [4.78, 5) is 27.8.